The van der Waals surface area contributed by atoms with Crippen molar-refractivity contribution in [3.8, 4) is 0 Å². The van der Waals surface area contributed by atoms with Crippen molar-refractivity contribution in [2.45, 2.75) is 0 Å². The normalized spacial score (nSPS) is 14.6. The summed E-state index contributed by atoms with van der Waals surface area (Å²) in [5, 5.41) is 3.69. The first-order valence-corrected chi connectivity index (χ1v) is 9.08. The number of benzene rings is 2. The lowest BCUT2D eigenvalue weighted by molar-refractivity contribution is 0.0956. The van der Waals surface area contributed by atoms with Crippen molar-refractivity contribution >= 4 is 33.9 Å². The molecule has 1 aliphatic rings. The summed E-state index contributed by atoms with van der Waals surface area (Å²) in [6.45, 7) is 2.86. The van der Waals surface area contributed by atoms with Crippen LogP contribution in [0.1, 0.15) is 10.4 Å². The van der Waals surface area contributed by atoms with Crippen molar-refractivity contribution < 1.29 is 9.21 Å². The molecule has 5 rings (SSSR count). The Morgan fingerprint density at radius 3 is 2.75 bits per heavy atom. The number of nitrogens with zero attached hydrogens (tertiary/aromatic N) is 4. The van der Waals surface area contributed by atoms with Crippen molar-refractivity contribution in [1.29, 1.82) is 0 Å². The third kappa shape index (κ3) is 2.66. The second-order valence-corrected chi connectivity index (χ2v) is 6.65. The molecule has 0 radical (unpaired) electrons. The molecule has 0 amide bonds. The van der Waals surface area contributed by atoms with Gasteiger partial charge in [0.1, 0.15) is 5.52 Å². The fourth-order valence-corrected chi connectivity index (χ4v) is 3.50. The van der Waals surface area contributed by atoms with Crippen molar-refractivity contribution in [3.63, 3.8) is 0 Å². The summed E-state index contributed by atoms with van der Waals surface area (Å²) in [6, 6.07) is 12.0. The Morgan fingerprint density at radius 1 is 1.07 bits per heavy atom. The molecular weight excluding hydrogens is 358 g/mol. The minimum atomic E-state index is -0.435. The van der Waals surface area contributed by atoms with E-state index in [1.54, 1.807) is 36.4 Å². The number of carbonyl (C=O) groups is 1. The Labute approximate surface area is 159 Å². The van der Waals surface area contributed by atoms with Gasteiger partial charge < -0.3 is 14.6 Å². The van der Waals surface area contributed by atoms with E-state index in [0.717, 1.165) is 13.1 Å². The molecule has 28 heavy (non-hydrogen) atoms. The van der Waals surface area contributed by atoms with Crippen LogP contribution in [0.4, 0.5) is 5.95 Å². The second kappa shape index (κ2) is 6.58. The van der Waals surface area contributed by atoms with Gasteiger partial charge in [-0.1, -0.05) is 12.1 Å². The summed E-state index contributed by atoms with van der Waals surface area (Å²) in [5.74, 6) is -0.0667. The van der Waals surface area contributed by atoms with Crippen LogP contribution in [-0.2, 0) is 0 Å². The van der Waals surface area contributed by atoms with E-state index in [4.69, 9.17) is 4.42 Å². The van der Waals surface area contributed by atoms with Gasteiger partial charge in [0.2, 0.25) is 5.95 Å². The summed E-state index contributed by atoms with van der Waals surface area (Å²) in [6.07, 6.45) is 1.33. The highest BCUT2D eigenvalue weighted by atomic mass is 16.3. The number of oxazole rings is 1. The van der Waals surface area contributed by atoms with Gasteiger partial charge in [0.05, 0.1) is 10.9 Å². The lowest BCUT2D eigenvalue weighted by Gasteiger charge is -2.29. The third-order valence-electron chi connectivity index (χ3n) is 4.94. The molecule has 0 aliphatic carbocycles. The van der Waals surface area contributed by atoms with Gasteiger partial charge in [-0.15, -0.1) is 0 Å². The highest BCUT2D eigenvalue weighted by molar-refractivity contribution is 6.01. The highest BCUT2D eigenvalue weighted by Gasteiger charge is 2.24. The lowest BCUT2D eigenvalue weighted by atomic mass is 10.2. The molecule has 3 heterocycles. The van der Waals surface area contributed by atoms with E-state index in [-0.39, 0.29) is 5.56 Å². The maximum absolute atomic E-state index is 13.4. The van der Waals surface area contributed by atoms with Gasteiger partial charge in [0.25, 0.3) is 11.5 Å². The van der Waals surface area contributed by atoms with E-state index in [1.165, 1.54) is 11.0 Å². The van der Waals surface area contributed by atoms with Crippen molar-refractivity contribution in [2.75, 3.05) is 31.1 Å². The Hall–Kier alpha value is -3.52. The van der Waals surface area contributed by atoms with E-state index in [1.807, 2.05) is 11.0 Å². The number of para-hydroxylation sites is 1. The zero-order valence-electron chi connectivity index (χ0n) is 15.0. The minimum Gasteiger partial charge on any atom is -0.443 e. The van der Waals surface area contributed by atoms with Crippen molar-refractivity contribution in [1.82, 2.24) is 19.9 Å². The molecule has 0 saturated carbocycles. The van der Waals surface area contributed by atoms with Gasteiger partial charge in [-0.05, 0) is 30.3 Å². The van der Waals surface area contributed by atoms with Crippen LogP contribution in [0.2, 0.25) is 0 Å². The van der Waals surface area contributed by atoms with Crippen LogP contribution in [0.15, 0.2) is 58.1 Å². The molecule has 1 aliphatic heterocycles. The van der Waals surface area contributed by atoms with E-state index in [0.29, 0.717) is 46.6 Å². The third-order valence-corrected chi connectivity index (χ3v) is 4.94. The zero-order valence-corrected chi connectivity index (χ0v) is 15.0. The molecular formula is C20H17N5O3. The summed E-state index contributed by atoms with van der Waals surface area (Å²) < 4.78 is 6.48. The molecule has 0 bridgehead atoms. The van der Waals surface area contributed by atoms with Gasteiger partial charge >= 0.3 is 0 Å². The average molecular weight is 375 g/mol. The van der Waals surface area contributed by atoms with Gasteiger partial charge in [0.15, 0.2) is 12.0 Å². The Bertz CT molecular complexity index is 1250. The number of piperazine rings is 1. The first-order chi connectivity index (χ1) is 13.7. The molecule has 0 spiro atoms. The Morgan fingerprint density at radius 2 is 1.89 bits per heavy atom. The Kier molecular flexibility index (Phi) is 3.91. The lowest BCUT2D eigenvalue weighted by Crippen LogP contribution is -2.47. The van der Waals surface area contributed by atoms with E-state index < -0.39 is 5.91 Å². The molecule has 1 saturated heterocycles. The molecule has 0 atom stereocenters. The second-order valence-electron chi connectivity index (χ2n) is 6.65. The van der Waals surface area contributed by atoms with Crippen molar-refractivity contribution in [3.05, 3.63) is 64.8 Å². The maximum atomic E-state index is 13.4. The summed E-state index contributed by atoms with van der Waals surface area (Å²) >= 11 is 0. The number of hydrogen-bond donors (Lipinski definition) is 1. The first-order valence-electron chi connectivity index (χ1n) is 9.08. The minimum absolute atomic E-state index is 0.347. The van der Waals surface area contributed by atoms with Crippen LogP contribution in [0.25, 0.3) is 22.0 Å². The van der Waals surface area contributed by atoms with E-state index in [2.05, 4.69) is 15.3 Å². The first kappa shape index (κ1) is 16.6. The SMILES string of the molecule is O=C(c1ccc2ncoc2c1)n1c(N2CCNCC2)nc2ccccc2c1=O. The number of aromatic nitrogens is 3. The van der Waals surface area contributed by atoms with Crippen LogP contribution < -0.4 is 15.8 Å². The zero-order chi connectivity index (χ0) is 19.1. The number of anilines is 1. The molecule has 1 N–H and O–H groups in total. The average Bonchev–Trinajstić information content (AvgIpc) is 3.22. The number of fused-ring (bicyclic) bond motifs is 2. The number of rotatable bonds is 2. The molecule has 4 aromatic rings. The topological polar surface area (TPSA) is 93.3 Å². The maximum Gasteiger partial charge on any atom is 0.269 e. The van der Waals surface area contributed by atoms with Gasteiger partial charge in [-0.2, -0.15) is 0 Å². The highest BCUT2D eigenvalue weighted by Crippen LogP contribution is 2.19. The molecule has 2 aromatic heterocycles. The van der Waals surface area contributed by atoms with Gasteiger partial charge in [-0.3, -0.25) is 9.59 Å². The number of nitrogens with one attached hydrogen (secondary N) is 1. The molecule has 0 unspecified atom stereocenters. The van der Waals surface area contributed by atoms with Gasteiger partial charge in [-0.25, -0.2) is 14.5 Å². The predicted molar refractivity (Wildman–Crippen MR) is 105 cm³/mol. The quantitative estimate of drug-likeness (QED) is 0.569. The molecule has 140 valence electrons. The smallest absolute Gasteiger partial charge is 0.269 e. The molecule has 1 fully saturated rings. The number of hydrogen-bond acceptors (Lipinski definition) is 7. The van der Waals surface area contributed by atoms with Crippen LogP contribution in [0.5, 0.6) is 0 Å². The van der Waals surface area contributed by atoms with Gasteiger partial charge in [0, 0.05) is 31.7 Å². The van der Waals surface area contributed by atoms with Crippen LogP contribution >= 0.6 is 0 Å². The van der Waals surface area contributed by atoms with E-state index in [9.17, 15) is 9.59 Å². The van der Waals surface area contributed by atoms with Crippen LogP contribution in [0, 0.1) is 0 Å². The molecule has 8 heteroatoms. The Balaban J connectivity index is 1.72. The molecule has 2 aromatic carbocycles. The number of carbonyl (C=O) groups excluding carboxylic acids is 1. The van der Waals surface area contributed by atoms with E-state index >= 15 is 0 Å². The summed E-state index contributed by atoms with van der Waals surface area (Å²) in [7, 11) is 0. The molecule has 8 nitrogen and oxygen atoms in total. The summed E-state index contributed by atoms with van der Waals surface area (Å²) in [5.41, 5.74) is 1.71. The fourth-order valence-electron chi connectivity index (χ4n) is 3.50. The standard InChI is InChI=1S/C20H17N5O3/c26-18(13-5-6-16-17(11-13)28-12-22-16)25-19(27)14-3-1-2-4-15(14)23-20(25)24-9-7-21-8-10-24/h1-6,11-12,21H,7-10H2. The van der Waals surface area contributed by atoms with Crippen LogP contribution in [-0.4, -0.2) is 46.6 Å². The largest absolute Gasteiger partial charge is 0.443 e. The van der Waals surface area contributed by atoms with Crippen molar-refractivity contribution in [2.24, 2.45) is 0 Å². The predicted octanol–water partition coefficient (Wildman–Crippen LogP) is 1.64. The van der Waals surface area contributed by atoms with Crippen LogP contribution in [0.3, 0.4) is 0 Å². The summed E-state index contributed by atoms with van der Waals surface area (Å²) in [4.78, 5) is 37.3. The fraction of sp³-hybridized carbons (Fsp3) is 0.200. The monoisotopic (exact) mass is 375 g/mol.